The summed E-state index contributed by atoms with van der Waals surface area (Å²) in [6.45, 7) is 3.57. The Morgan fingerprint density at radius 1 is 1.26 bits per heavy atom. The van der Waals surface area contributed by atoms with Crippen molar-refractivity contribution in [1.29, 1.82) is 0 Å². The van der Waals surface area contributed by atoms with Crippen LogP contribution in [0.25, 0.3) is 0 Å². The van der Waals surface area contributed by atoms with Crippen molar-refractivity contribution in [3.8, 4) is 0 Å². The Balaban J connectivity index is 1.38. The van der Waals surface area contributed by atoms with Crippen molar-refractivity contribution < 1.29 is 9.90 Å². The van der Waals surface area contributed by atoms with E-state index in [4.69, 9.17) is 0 Å². The zero-order valence-corrected chi connectivity index (χ0v) is 13.7. The van der Waals surface area contributed by atoms with Crippen LogP contribution in [-0.4, -0.2) is 57.5 Å². The summed E-state index contributed by atoms with van der Waals surface area (Å²) in [6.07, 6.45) is 10.7. The molecule has 1 aliphatic carbocycles. The van der Waals surface area contributed by atoms with Crippen LogP contribution in [0.2, 0.25) is 0 Å². The van der Waals surface area contributed by atoms with Gasteiger partial charge in [0.05, 0.1) is 23.5 Å². The third kappa shape index (κ3) is 3.02. The van der Waals surface area contributed by atoms with Crippen molar-refractivity contribution in [2.75, 3.05) is 31.1 Å². The van der Waals surface area contributed by atoms with E-state index in [1.165, 1.54) is 0 Å². The molecule has 23 heavy (non-hydrogen) atoms. The highest BCUT2D eigenvalue weighted by molar-refractivity contribution is 5.95. The van der Waals surface area contributed by atoms with Crippen molar-refractivity contribution in [2.24, 2.45) is 0 Å². The number of aromatic nitrogens is 2. The summed E-state index contributed by atoms with van der Waals surface area (Å²) in [5.74, 6) is 0.209. The van der Waals surface area contributed by atoms with Gasteiger partial charge in [-0.15, -0.1) is 0 Å². The Hall–Kier alpha value is -1.40. The molecule has 3 fully saturated rings. The normalized spacial score (nSPS) is 28.1. The number of carbonyl (C=O) groups is 1. The molecule has 0 bridgehead atoms. The molecule has 6 heteroatoms. The SMILES string of the molecule is O=C1CCCN1c1cnn(C2CCN(CC3(O)CCCC3)C2)c1. The number of likely N-dealkylation sites (tertiary alicyclic amines) is 1. The van der Waals surface area contributed by atoms with Gasteiger partial charge in [-0.25, -0.2) is 0 Å². The van der Waals surface area contributed by atoms with Gasteiger partial charge >= 0.3 is 0 Å². The highest BCUT2D eigenvalue weighted by Gasteiger charge is 2.36. The molecule has 1 amide bonds. The fraction of sp³-hybridized carbons (Fsp3) is 0.765. The van der Waals surface area contributed by atoms with Crippen molar-refractivity contribution >= 4 is 11.6 Å². The van der Waals surface area contributed by atoms with Crippen LogP contribution in [0, 0.1) is 0 Å². The van der Waals surface area contributed by atoms with E-state index in [2.05, 4.69) is 10.00 Å². The van der Waals surface area contributed by atoms with E-state index in [1.54, 1.807) is 0 Å². The molecule has 1 unspecified atom stereocenters. The molecule has 0 aromatic carbocycles. The average molecular weight is 318 g/mol. The average Bonchev–Trinajstić information content (AvgIpc) is 3.26. The van der Waals surface area contributed by atoms with E-state index >= 15 is 0 Å². The second-order valence-corrected chi connectivity index (χ2v) is 7.44. The number of carbonyl (C=O) groups excluding carboxylic acids is 1. The van der Waals surface area contributed by atoms with Crippen LogP contribution in [0.1, 0.15) is 51.0 Å². The highest BCUT2D eigenvalue weighted by Crippen LogP contribution is 2.33. The van der Waals surface area contributed by atoms with Gasteiger partial charge in [0.25, 0.3) is 0 Å². The summed E-state index contributed by atoms with van der Waals surface area (Å²) in [5.41, 5.74) is 0.465. The molecule has 2 saturated heterocycles. The van der Waals surface area contributed by atoms with Crippen LogP contribution >= 0.6 is 0 Å². The second-order valence-electron chi connectivity index (χ2n) is 7.44. The number of hydrogen-bond donors (Lipinski definition) is 1. The van der Waals surface area contributed by atoms with Gasteiger partial charge in [-0.1, -0.05) is 12.8 Å². The number of rotatable bonds is 4. The summed E-state index contributed by atoms with van der Waals surface area (Å²) in [5, 5.41) is 15.1. The van der Waals surface area contributed by atoms with E-state index in [9.17, 15) is 9.90 Å². The Labute approximate surface area is 137 Å². The molecule has 1 aromatic heterocycles. The van der Waals surface area contributed by atoms with E-state index in [0.717, 1.165) is 70.4 Å². The van der Waals surface area contributed by atoms with Gasteiger partial charge in [0.1, 0.15) is 0 Å². The molecule has 0 radical (unpaired) electrons. The molecule has 1 N–H and O–H groups in total. The molecule has 6 nitrogen and oxygen atoms in total. The lowest BCUT2D eigenvalue weighted by Gasteiger charge is -2.28. The van der Waals surface area contributed by atoms with Crippen LogP contribution < -0.4 is 4.90 Å². The Kier molecular flexibility index (Phi) is 3.89. The van der Waals surface area contributed by atoms with Crippen LogP contribution in [0.15, 0.2) is 12.4 Å². The van der Waals surface area contributed by atoms with E-state index in [-0.39, 0.29) is 5.91 Å². The molecule has 1 aromatic rings. The maximum Gasteiger partial charge on any atom is 0.227 e. The Morgan fingerprint density at radius 3 is 2.83 bits per heavy atom. The summed E-state index contributed by atoms with van der Waals surface area (Å²) in [6, 6.07) is 0.353. The predicted octanol–water partition coefficient (Wildman–Crippen LogP) is 1.56. The maximum atomic E-state index is 11.8. The Morgan fingerprint density at radius 2 is 2.09 bits per heavy atom. The first-order valence-electron chi connectivity index (χ1n) is 8.92. The zero-order valence-electron chi connectivity index (χ0n) is 13.7. The van der Waals surface area contributed by atoms with Gasteiger partial charge in [0, 0.05) is 38.8 Å². The summed E-state index contributed by atoms with van der Waals surface area (Å²) in [7, 11) is 0. The van der Waals surface area contributed by atoms with Gasteiger partial charge in [-0.05, 0) is 25.7 Å². The van der Waals surface area contributed by atoms with Crippen molar-refractivity contribution in [3.63, 3.8) is 0 Å². The van der Waals surface area contributed by atoms with Crippen LogP contribution in [0.3, 0.4) is 0 Å². The smallest absolute Gasteiger partial charge is 0.227 e. The third-order valence-electron chi connectivity index (χ3n) is 5.65. The molecule has 4 rings (SSSR count). The molecule has 1 atom stereocenters. The quantitative estimate of drug-likeness (QED) is 0.915. The lowest BCUT2D eigenvalue weighted by molar-refractivity contribution is -0.117. The minimum atomic E-state index is -0.466. The molecule has 126 valence electrons. The van der Waals surface area contributed by atoms with Crippen LogP contribution in [0.5, 0.6) is 0 Å². The maximum absolute atomic E-state index is 11.8. The topological polar surface area (TPSA) is 61.6 Å². The number of amides is 1. The molecule has 2 aliphatic heterocycles. The highest BCUT2D eigenvalue weighted by atomic mass is 16.3. The van der Waals surface area contributed by atoms with E-state index in [0.29, 0.717) is 12.5 Å². The first kappa shape index (κ1) is 15.1. The van der Waals surface area contributed by atoms with Gasteiger partial charge < -0.3 is 10.0 Å². The van der Waals surface area contributed by atoms with Gasteiger partial charge in [-0.2, -0.15) is 5.10 Å². The zero-order chi connectivity index (χ0) is 15.9. The molecular weight excluding hydrogens is 292 g/mol. The monoisotopic (exact) mass is 318 g/mol. The standard InChI is InChI=1S/C17H26N4O2/c22-16-4-3-8-20(16)15-10-18-21(12-15)14-5-9-19(11-14)13-17(23)6-1-2-7-17/h10,12,14,23H,1-9,11,13H2. The number of aliphatic hydroxyl groups is 1. The molecule has 3 aliphatic rings. The first-order valence-corrected chi connectivity index (χ1v) is 8.92. The summed E-state index contributed by atoms with van der Waals surface area (Å²) >= 11 is 0. The fourth-order valence-electron chi connectivity index (χ4n) is 4.37. The second kappa shape index (κ2) is 5.91. The molecule has 1 saturated carbocycles. The fourth-order valence-corrected chi connectivity index (χ4v) is 4.37. The van der Waals surface area contributed by atoms with Crippen molar-refractivity contribution in [1.82, 2.24) is 14.7 Å². The number of β-amino-alcohol motifs (C(OH)–C–C–N with tert-alkyl or cyclic N) is 1. The number of anilines is 1. The lowest BCUT2D eigenvalue weighted by Crippen LogP contribution is -2.40. The first-order chi connectivity index (χ1) is 11.1. The molecular formula is C17H26N4O2. The van der Waals surface area contributed by atoms with Crippen molar-refractivity contribution in [3.05, 3.63) is 12.4 Å². The largest absolute Gasteiger partial charge is 0.389 e. The van der Waals surface area contributed by atoms with E-state index < -0.39 is 5.60 Å². The third-order valence-corrected chi connectivity index (χ3v) is 5.65. The van der Waals surface area contributed by atoms with Gasteiger partial charge in [-0.3, -0.25) is 14.4 Å². The van der Waals surface area contributed by atoms with Crippen molar-refractivity contribution in [2.45, 2.75) is 56.6 Å². The van der Waals surface area contributed by atoms with Gasteiger partial charge in [0.2, 0.25) is 5.91 Å². The molecule has 3 heterocycles. The predicted molar refractivity (Wildman–Crippen MR) is 87.3 cm³/mol. The number of hydrogen-bond acceptors (Lipinski definition) is 4. The Bertz CT molecular complexity index is 579. The van der Waals surface area contributed by atoms with E-state index in [1.807, 2.05) is 22.0 Å². The summed E-state index contributed by atoms with van der Waals surface area (Å²) in [4.78, 5) is 16.1. The van der Waals surface area contributed by atoms with Crippen LogP contribution in [0.4, 0.5) is 5.69 Å². The van der Waals surface area contributed by atoms with Gasteiger partial charge in [0.15, 0.2) is 0 Å². The molecule has 0 spiro atoms. The lowest BCUT2D eigenvalue weighted by atomic mass is 10.0. The van der Waals surface area contributed by atoms with Crippen LogP contribution in [-0.2, 0) is 4.79 Å². The minimum Gasteiger partial charge on any atom is -0.389 e. The number of nitrogens with zero attached hydrogens (tertiary/aromatic N) is 4. The summed E-state index contributed by atoms with van der Waals surface area (Å²) < 4.78 is 2.01. The minimum absolute atomic E-state index is 0.209.